The number of cyclic esters (lactones) is 1. The van der Waals surface area contributed by atoms with Crippen LogP contribution in [0.25, 0.3) is 10.8 Å². The van der Waals surface area contributed by atoms with Gasteiger partial charge in [-0.1, -0.05) is 36.4 Å². The van der Waals surface area contributed by atoms with Crippen LogP contribution in [0.2, 0.25) is 0 Å². The molecule has 0 unspecified atom stereocenters. The fourth-order valence-electron chi connectivity index (χ4n) is 3.11. The van der Waals surface area contributed by atoms with Gasteiger partial charge in [0.05, 0.1) is 11.5 Å². The summed E-state index contributed by atoms with van der Waals surface area (Å²) in [5.74, 6) is -0.769. The first-order chi connectivity index (χ1) is 9.57. The molecule has 0 bridgehead atoms. The summed E-state index contributed by atoms with van der Waals surface area (Å²) in [6.45, 7) is 0.225. The van der Waals surface area contributed by atoms with Crippen molar-refractivity contribution in [1.29, 1.82) is 0 Å². The molecule has 2 fully saturated rings. The minimum atomic E-state index is -3.71. The van der Waals surface area contributed by atoms with E-state index in [9.17, 15) is 13.2 Å². The van der Waals surface area contributed by atoms with Crippen molar-refractivity contribution in [2.45, 2.75) is 16.1 Å². The average Bonchev–Trinajstić information content (AvgIpc) is 3.13. The van der Waals surface area contributed by atoms with E-state index >= 15 is 0 Å². The summed E-state index contributed by atoms with van der Waals surface area (Å²) in [6.07, 6.45) is 0.386. The smallest absolute Gasteiger partial charge is 0.328 e. The molecule has 0 radical (unpaired) electrons. The third kappa shape index (κ3) is 1.26. The molecule has 1 saturated carbocycles. The van der Waals surface area contributed by atoms with Crippen molar-refractivity contribution in [3.63, 3.8) is 0 Å². The van der Waals surface area contributed by atoms with Gasteiger partial charge in [0.1, 0.15) is 0 Å². The molecule has 2 aromatic carbocycles. The van der Waals surface area contributed by atoms with Crippen molar-refractivity contribution in [2.24, 2.45) is 5.92 Å². The summed E-state index contributed by atoms with van der Waals surface area (Å²) in [7, 11) is -3.71. The van der Waals surface area contributed by atoms with Crippen LogP contribution in [-0.4, -0.2) is 25.7 Å². The van der Waals surface area contributed by atoms with Gasteiger partial charge in [-0.3, -0.25) is 4.79 Å². The summed E-state index contributed by atoms with van der Waals surface area (Å²) >= 11 is 0. The predicted octanol–water partition coefficient (Wildman–Crippen LogP) is 1.93. The molecule has 0 N–H and O–H groups in total. The average molecular weight is 288 g/mol. The molecule has 2 aromatic rings. The fourth-order valence-corrected chi connectivity index (χ4v) is 5.45. The zero-order chi connectivity index (χ0) is 14.0. The minimum Gasteiger partial charge on any atom is -0.464 e. The van der Waals surface area contributed by atoms with Crippen molar-refractivity contribution < 1.29 is 17.9 Å². The van der Waals surface area contributed by atoms with Crippen molar-refractivity contribution in [3.8, 4) is 0 Å². The van der Waals surface area contributed by atoms with E-state index in [0.29, 0.717) is 11.8 Å². The number of benzene rings is 2. The number of esters is 1. The maximum atomic E-state index is 12.9. The van der Waals surface area contributed by atoms with E-state index in [1.54, 1.807) is 24.3 Å². The van der Waals surface area contributed by atoms with Crippen LogP contribution in [0.5, 0.6) is 0 Å². The van der Waals surface area contributed by atoms with Crippen molar-refractivity contribution in [2.75, 3.05) is 6.61 Å². The Kier molecular flexibility index (Phi) is 2.15. The lowest BCUT2D eigenvalue weighted by Crippen LogP contribution is -2.32. The third-order valence-corrected chi connectivity index (χ3v) is 6.89. The van der Waals surface area contributed by atoms with Crippen LogP contribution in [0.1, 0.15) is 6.42 Å². The molecule has 0 spiro atoms. The Labute approximate surface area is 116 Å². The van der Waals surface area contributed by atoms with Crippen molar-refractivity contribution in [3.05, 3.63) is 42.5 Å². The zero-order valence-electron chi connectivity index (χ0n) is 10.6. The molecular weight excluding hydrogens is 276 g/mol. The van der Waals surface area contributed by atoms with Gasteiger partial charge in [-0.15, -0.1) is 0 Å². The Morgan fingerprint density at radius 1 is 1.10 bits per heavy atom. The van der Waals surface area contributed by atoms with Crippen molar-refractivity contribution in [1.82, 2.24) is 0 Å². The van der Waals surface area contributed by atoms with Gasteiger partial charge in [-0.25, -0.2) is 8.42 Å². The van der Waals surface area contributed by atoms with Gasteiger partial charge in [-0.2, -0.15) is 0 Å². The van der Waals surface area contributed by atoms with Gasteiger partial charge >= 0.3 is 5.97 Å². The Bertz CT molecular complexity index is 835. The zero-order valence-corrected chi connectivity index (χ0v) is 11.4. The highest BCUT2D eigenvalue weighted by Gasteiger charge is 2.74. The summed E-state index contributed by atoms with van der Waals surface area (Å²) in [5, 5.41) is 1.52. The van der Waals surface area contributed by atoms with Gasteiger partial charge in [0.25, 0.3) is 0 Å². The predicted molar refractivity (Wildman–Crippen MR) is 72.9 cm³/mol. The molecule has 20 heavy (non-hydrogen) atoms. The van der Waals surface area contributed by atoms with E-state index in [1.165, 1.54) is 0 Å². The number of carbonyl (C=O) groups is 1. The molecule has 102 valence electrons. The second-order valence-electron chi connectivity index (χ2n) is 5.37. The molecule has 2 aliphatic rings. The standard InChI is InChI=1S/C15H12O4S/c16-14-15(8-11(15)9-19-14)20(17,18)13-7-3-5-10-4-1-2-6-12(10)13/h1-7,11H,8-9H2/t11-,15+/m0/s1. The van der Waals surface area contributed by atoms with Crippen LogP contribution >= 0.6 is 0 Å². The monoisotopic (exact) mass is 288 g/mol. The fraction of sp³-hybridized carbons (Fsp3) is 0.267. The number of hydrogen-bond donors (Lipinski definition) is 0. The maximum Gasteiger partial charge on any atom is 0.328 e. The number of carbonyl (C=O) groups excluding carboxylic acids is 1. The largest absolute Gasteiger partial charge is 0.464 e. The molecule has 1 aliphatic heterocycles. The maximum absolute atomic E-state index is 12.9. The van der Waals surface area contributed by atoms with Gasteiger partial charge < -0.3 is 4.74 Å². The van der Waals surface area contributed by atoms with E-state index in [-0.39, 0.29) is 17.4 Å². The van der Waals surface area contributed by atoms with Gasteiger partial charge in [0, 0.05) is 11.3 Å². The van der Waals surface area contributed by atoms with Crippen LogP contribution in [0.15, 0.2) is 47.4 Å². The molecule has 0 amide bonds. The lowest BCUT2D eigenvalue weighted by Gasteiger charge is -2.13. The highest BCUT2D eigenvalue weighted by atomic mass is 32.2. The normalized spacial score (nSPS) is 28.2. The molecule has 1 saturated heterocycles. The molecule has 1 aliphatic carbocycles. The van der Waals surface area contributed by atoms with Gasteiger partial charge in [-0.05, 0) is 17.9 Å². The van der Waals surface area contributed by atoms with Crippen LogP contribution in [0, 0.1) is 5.92 Å². The first-order valence-corrected chi connectivity index (χ1v) is 7.95. The number of sulfone groups is 1. The number of ether oxygens (including phenoxy) is 1. The summed E-state index contributed by atoms with van der Waals surface area (Å²) < 4.78 is 29.4. The van der Waals surface area contributed by atoms with Crippen LogP contribution in [0.4, 0.5) is 0 Å². The summed E-state index contributed by atoms with van der Waals surface area (Å²) in [5.41, 5.74) is 0. The van der Waals surface area contributed by atoms with Gasteiger partial charge in [0.2, 0.25) is 0 Å². The topological polar surface area (TPSA) is 60.4 Å². The first-order valence-electron chi connectivity index (χ1n) is 6.47. The minimum absolute atomic E-state index is 0.182. The second-order valence-corrected chi connectivity index (χ2v) is 7.54. The van der Waals surface area contributed by atoms with E-state index in [0.717, 1.165) is 5.39 Å². The Hall–Kier alpha value is -1.88. The van der Waals surface area contributed by atoms with E-state index in [2.05, 4.69) is 0 Å². The van der Waals surface area contributed by atoms with E-state index in [4.69, 9.17) is 4.74 Å². The number of hydrogen-bond acceptors (Lipinski definition) is 4. The highest BCUT2D eigenvalue weighted by Crippen LogP contribution is 2.57. The molecule has 4 nitrogen and oxygen atoms in total. The van der Waals surface area contributed by atoms with Gasteiger partial charge in [0.15, 0.2) is 14.6 Å². The van der Waals surface area contributed by atoms with Crippen LogP contribution < -0.4 is 0 Å². The molecule has 0 aromatic heterocycles. The number of fused-ring (bicyclic) bond motifs is 2. The molecule has 1 heterocycles. The lowest BCUT2D eigenvalue weighted by atomic mass is 10.1. The van der Waals surface area contributed by atoms with E-state index < -0.39 is 20.6 Å². The molecule has 5 heteroatoms. The molecule has 2 atom stereocenters. The molecular formula is C15H12O4S. The third-order valence-electron chi connectivity index (χ3n) is 4.33. The summed E-state index contributed by atoms with van der Waals surface area (Å²) in [4.78, 5) is 12.1. The van der Waals surface area contributed by atoms with Crippen LogP contribution in [0.3, 0.4) is 0 Å². The van der Waals surface area contributed by atoms with Crippen molar-refractivity contribution >= 4 is 26.6 Å². The lowest BCUT2D eigenvalue weighted by molar-refractivity contribution is -0.140. The van der Waals surface area contributed by atoms with Crippen LogP contribution in [-0.2, 0) is 19.4 Å². The van der Waals surface area contributed by atoms with E-state index in [1.807, 2.05) is 18.2 Å². The highest BCUT2D eigenvalue weighted by molar-refractivity contribution is 7.94. The Morgan fingerprint density at radius 2 is 1.85 bits per heavy atom. The Balaban J connectivity index is 1.98. The Morgan fingerprint density at radius 3 is 2.55 bits per heavy atom. The number of rotatable bonds is 2. The molecule has 4 rings (SSSR count). The summed E-state index contributed by atoms with van der Waals surface area (Å²) in [6, 6.07) is 12.5. The SMILES string of the molecule is O=C1OC[C@@H]2C[C@]12S(=O)(=O)c1cccc2ccccc12. The first kappa shape index (κ1) is 11.9. The quantitative estimate of drug-likeness (QED) is 0.792. The second kappa shape index (κ2) is 3.61.